The van der Waals surface area contributed by atoms with Crippen molar-refractivity contribution < 1.29 is 8.83 Å². The van der Waals surface area contributed by atoms with Gasteiger partial charge in [0.15, 0.2) is 11.2 Å². The third kappa shape index (κ3) is 2.47. The molecule has 5 aromatic rings. The molecule has 0 saturated carbocycles. The largest absolute Gasteiger partial charge is 0.436 e. The van der Waals surface area contributed by atoms with Gasteiger partial charge in [0.1, 0.15) is 11.0 Å². The lowest BCUT2D eigenvalue weighted by atomic mass is 10.1. The van der Waals surface area contributed by atoms with Crippen molar-refractivity contribution in [1.82, 2.24) is 9.97 Å². The predicted octanol–water partition coefficient (Wildman–Crippen LogP) is 5.92. The molecule has 0 amide bonds. The van der Waals surface area contributed by atoms with Crippen molar-refractivity contribution >= 4 is 22.2 Å². The second-order valence-corrected chi connectivity index (χ2v) is 6.56. The molecule has 2 aromatic heterocycles. The number of aromatic nitrogens is 2. The van der Waals surface area contributed by atoms with E-state index in [1.165, 1.54) is 11.1 Å². The number of aryl methyl sites for hydroxylation is 2. The smallest absolute Gasteiger partial charge is 0.227 e. The van der Waals surface area contributed by atoms with Gasteiger partial charge in [-0.25, -0.2) is 9.97 Å². The Kier molecular flexibility index (Phi) is 3.19. The summed E-state index contributed by atoms with van der Waals surface area (Å²) < 4.78 is 11.7. The fraction of sp³-hybridized carbons (Fsp3) is 0.0909. The van der Waals surface area contributed by atoms with Crippen LogP contribution in [0.25, 0.3) is 45.1 Å². The number of benzene rings is 3. The van der Waals surface area contributed by atoms with Gasteiger partial charge in [0.2, 0.25) is 11.8 Å². The molecule has 3 aromatic carbocycles. The van der Waals surface area contributed by atoms with Gasteiger partial charge in [-0.3, -0.25) is 0 Å². The second-order valence-electron chi connectivity index (χ2n) is 6.56. The van der Waals surface area contributed by atoms with Crippen LogP contribution in [0.3, 0.4) is 0 Å². The molecule has 26 heavy (non-hydrogen) atoms. The Hall–Kier alpha value is -3.40. The Morgan fingerprint density at radius 1 is 0.577 bits per heavy atom. The van der Waals surface area contributed by atoms with Gasteiger partial charge in [-0.15, -0.1) is 0 Å². The van der Waals surface area contributed by atoms with E-state index < -0.39 is 0 Å². The first-order valence-electron chi connectivity index (χ1n) is 8.51. The van der Waals surface area contributed by atoms with Crippen LogP contribution in [0.2, 0.25) is 0 Å². The van der Waals surface area contributed by atoms with Crippen LogP contribution in [0.4, 0.5) is 0 Å². The molecule has 5 rings (SSSR count). The van der Waals surface area contributed by atoms with E-state index in [9.17, 15) is 0 Å². The molecule has 126 valence electrons. The van der Waals surface area contributed by atoms with Gasteiger partial charge in [0.25, 0.3) is 0 Å². The minimum absolute atomic E-state index is 0.616. The molecule has 0 spiro atoms. The van der Waals surface area contributed by atoms with Crippen LogP contribution < -0.4 is 0 Å². The highest BCUT2D eigenvalue weighted by atomic mass is 16.4. The van der Waals surface area contributed by atoms with E-state index in [1.807, 2.05) is 74.5 Å². The fourth-order valence-corrected chi connectivity index (χ4v) is 3.08. The highest BCUT2D eigenvalue weighted by molar-refractivity contribution is 5.79. The van der Waals surface area contributed by atoms with Gasteiger partial charge in [-0.1, -0.05) is 12.1 Å². The molecule has 4 nitrogen and oxygen atoms in total. The second kappa shape index (κ2) is 5.56. The minimum Gasteiger partial charge on any atom is -0.436 e. The van der Waals surface area contributed by atoms with Crippen LogP contribution in [-0.4, -0.2) is 9.97 Å². The molecular weight excluding hydrogens is 324 g/mol. The number of rotatable bonds is 2. The summed E-state index contributed by atoms with van der Waals surface area (Å²) in [7, 11) is 0. The topological polar surface area (TPSA) is 52.1 Å². The van der Waals surface area contributed by atoms with Crippen LogP contribution in [-0.2, 0) is 0 Å². The lowest BCUT2D eigenvalue weighted by Crippen LogP contribution is -1.80. The van der Waals surface area contributed by atoms with Crippen molar-refractivity contribution in [3.05, 3.63) is 71.8 Å². The van der Waals surface area contributed by atoms with Crippen molar-refractivity contribution in [2.45, 2.75) is 13.8 Å². The average Bonchev–Trinajstić information content (AvgIpc) is 3.25. The molecule has 0 aliphatic carbocycles. The molecule has 0 bridgehead atoms. The molecular formula is C22H16N2O2. The average molecular weight is 340 g/mol. The molecule has 4 heteroatoms. The monoisotopic (exact) mass is 340 g/mol. The van der Waals surface area contributed by atoms with Crippen LogP contribution >= 0.6 is 0 Å². The van der Waals surface area contributed by atoms with Crippen molar-refractivity contribution in [2.75, 3.05) is 0 Å². The van der Waals surface area contributed by atoms with E-state index in [4.69, 9.17) is 8.83 Å². The molecule has 0 N–H and O–H groups in total. The van der Waals surface area contributed by atoms with Crippen LogP contribution in [0.15, 0.2) is 69.5 Å². The summed E-state index contributed by atoms with van der Waals surface area (Å²) in [6.45, 7) is 4.09. The number of oxazole rings is 2. The quantitative estimate of drug-likeness (QED) is 0.400. The number of hydrogen-bond acceptors (Lipinski definition) is 4. The summed E-state index contributed by atoms with van der Waals surface area (Å²) >= 11 is 0. The fourth-order valence-electron chi connectivity index (χ4n) is 3.08. The first-order chi connectivity index (χ1) is 12.7. The lowest BCUT2D eigenvalue weighted by molar-refractivity contribution is 0.617. The molecule has 2 heterocycles. The summed E-state index contributed by atoms with van der Waals surface area (Å²) in [5, 5.41) is 0. The van der Waals surface area contributed by atoms with E-state index in [1.54, 1.807) is 0 Å². The van der Waals surface area contributed by atoms with Crippen LogP contribution in [0.5, 0.6) is 0 Å². The van der Waals surface area contributed by atoms with Gasteiger partial charge in [-0.2, -0.15) is 0 Å². The van der Waals surface area contributed by atoms with Crippen LogP contribution in [0.1, 0.15) is 11.1 Å². The maximum atomic E-state index is 5.87. The van der Waals surface area contributed by atoms with Gasteiger partial charge >= 0.3 is 0 Å². The first-order valence-corrected chi connectivity index (χ1v) is 8.51. The third-order valence-corrected chi connectivity index (χ3v) is 4.46. The van der Waals surface area contributed by atoms with Crippen molar-refractivity contribution in [1.29, 1.82) is 0 Å². The van der Waals surface area contributed by atoms with Gasteiger partial charge in [0, 0.05) is 11.1 Å². The predicted molar refractivity (Wildman–Crippen MR) is 102 cm³/mol. The maximum absolute atomic E-state index is 5.87. The van der Waals surface area contributed by atoms with Crippen molar-refractivity contribution in [3.8, 4) is 22.9 Å². The Morgan fingerprint density at radius 3 is 1.42 bits per heavy atom. The number of fused-ring (bicyclic) bond motifs is 2. The standard InChI is InChI=1S/C22H16N2O2/c1-13-3-9-19-17(11-13)23-21(25-19)15-5-7-16(8-6-15)22-24-18-12-14(2)4-10-20(18)26-22/h3-12H,1-2H3. The Labute approximate surface area is 150 Å². The van der Waals surface area contributed by atoms with E-state index in [-0.39, 0.29) is 0 Å². The minimum atomic E-state index is 0.616. The number of nitrogens with zero attached hydrogens (tertiary/aromatic N) is 2. The van der Waals surface area contributed by atoms with Crippen molar-refractivity contribution in [3.63, 3.8) is 0 Å². The van der Waals surface area contributed by atoms with Gasteiger partial charge in [-0.05, 0) is 73.5 Å². The zero-order chi connectivity index (χ0) is 17.7. The zero-order valence-corrected chi connectivity index (χ0v) is 14.5. The van der Waals surface area contributed by atoms with E-state index in [0.29, 0.717) is 11.8 Å². The SMILES string of the molecule is Cc1ccc2oc(-c3ccc(-c4nc5cc(C)ccc5o4)cc3)nc2c1. The lowest BCUT2D eigenvalue weighted by Gasteiger charge is -1.97. The molecule has 0 unspecified atom stereocenters. The summed E-state index contributed by atoms with van der Waals surface area (Å²) in [6, 6.07) is 19.9. The highest BCUT2D eigenvalue weighted by Crippen LogP contribution is 2.29. The van der Waals surface area contributed by atoms with Crippen LogP contribution in [0, 0.1) is 13.8 Å². The summed E-state index contributed by atoms with van der Waals surface area (Å²) in [5.74, 6) is 1.23. The maximum Gasteiger partial charge on any atom is 0.227 e. The third-order valence-electron chi connectivity index (χ3n) is 4.46. The number of hydrogen-bond donors (Lipinski definition) is 0. The Balaban J connectivity index is 1.52. The molecule has 0 atom stereocenters. The van der Waals surface area contributed by atoms with E-state index in [2.05, 4.69) is 9.97 Å². The summed E-state index contributed by atoms with van der Waals surface area (Å²) in [5.41, 5.74) is 7.52. The first kappa shape index (κ1) is 14.9. The van der Waals surface area contributed by atoms with Gasteiger partial charge < -0.3 is 8.83 Å². The van der Waals surface area contributed by atoms with Gasteiger partial charge in [0.05, 0.1) is 0 Å². The molecule has 0 fully saturated rings. The van der Waals surface area contributed by atoms with Crippen molar-refractivity contribution in [2.24, 2.45) is 0 Å². The summed E-state index contributed by atoms with van der Waals surface area (Å²) in [6.07, 6.45) is 0. The van der Waals surface area contributed by atoms with E-state index in [0.717, 1.165) is 33.3 Å². The normalized spacial score (nSPS) is 11.5. The molecule has 0 aliphatic heterocycles. The summed E-state index contributed by atoms with van der Waals surface area (Å²) in [4.78, 5) is 9.17. The molecule has 0 saturated heterocycles. The highest BCUT2D eigenvalue weighted by Gasteiger charge is 2.11. The molecule has 0 aliphatic rings. The molecule has 0 radical (unpaired) electrons. The van der Waals surface area contributed by atoms with E-state index >= 15 is 0 Å². The Bertz CT molecular complexity index is 1150. The zero-order valence-electron chi connectivity index (χ0n) is 14.5. The Morgan fingerprint density at radius 2 is 1.00 bits per heavy atom.